The predicted octanol–water partition coefficient (Wildman–Crippen LogP) is 2.99. The molecule has 12 nitrogen and oxygen atoms in total. The van der Waals surface area contributed by atoms with Crippen LogP contribution in [0, 0.1) is 21.1 Å². The topological polar surface area (TPSA) is 116 Å². The second kappa shape index (κ2) is 13.6. The molecule has 0 radical (unpaired) electrons. The first kappa shape index (κ1) is 35.8. The fourth-order valence-corrected chi connectivity index (χ4v) is 7.66. The van der Waals surface area contributed by atoms with Crippen molar-refractivity contribution in [2.75, 3.05) is 14.2 Å². The van der Waals surface area contributed by atoms with Crippen LogP contribution < -0.4 is 42.7 Å². The molecule has 0 unspecified atom stereocenters. The van der Waals surface area contributed by atoms with Crippen molar-refractivity contribution in [2.45, 2.75) is 53.9 Å². The lowest BCUT2D eigenvalue weighted by molar-refractivity contribution is 0.416. The number of ether oxygens (including phenoxy) is 2. The van der Waals surface area contributed by atoms with Gasteiger partial charge in [-0.25, -0.2) is 9.59 Å². The van der Waals surface area contributed by atoms with Crippen LogP contribution in [0.3, 0.4) is 0 Å². The first-order valence-electron chi connectivity index (χ1n) is 17.3. The lowest BCUT2D eigenvalue weighted by Gasteiger charge is -2.14. The predicted molar refractivity (Wildman–Crippen MR) is 204 cm³/mol. The third-order valence-electron chi connectivity index (χ3n) is 10.1. The molecule has 52 heavy (non-hydrogen) atoms. The molecule has 0 saturated heterocycles. The minimum atomic E-state index is -0.488. The fourth-order valence-electron chi connectivity index (χ4n) is 7.66. The van der Waals surface area contributed by atoms with Crippen LogP contribution in [0.25, 0.3) is 46.4 Å². The number of benzene rings is 2. The van der Waals surface area contributed by atoms with Gasteiger partial charge < -0.3 is 18.6 Å². The molecule has 0 aliphatic carbocycles. The second-order valence-electron chi connectivity index (χ2n) is 12.5. The van der Waals surface area contributed by atoms with Crippen LogP contribution in [0.15, 0.2) is 67.7 Å². The molecule has 0 fully saturated rings. The lowest BCUT2D eigenvalue weighted by Crippen LogP contribution is -2.47. The van der Waals surface area contributed by atoms with E-state index in [1.54, 1.807) is 28.1 Å². The Morgan fingerprint density at radius 1 is 0.538 bits per heavy atom. The summed E-state index contributed by atoms with van der Waals surface area (Å²) >= 11 is 0. The summed E-state index contributed by atoms with van der Waals surface area (Å²) in [6, 6.07) is 15.0. The Hall–Kier alpha value is -6.04. The molecule has 0 bridgehead atoms. The number of fused-ring (bicyclic) bond motifs is 1. The quantitative estimate of drug-likeness (QED) is 0.241. The molecule has 4 aromatic heterocycles. The number of aromatic nitrogens is 6. The van der Waals surface area contributed by atoms with Gasteiger partial charge in [-0.1, -0.05) is 37.4 Å². The summed E-state index contributed by atoms with van der Waals surface area (Å²) in [5.74, 6) is 1.12. The van der Waals surface area contributed by atoms with Gasteiger partial charge in [0.25, 0.3) is 11.1 Å². The van der Waals surface area contributed by atoms with Crippen molar-refractivity contribution in [1.82, 2.24) is 27.4 Å². The normalized spacial score (nSPS) is 12.8. The third-order valence-corrected chi connectivity index (χ3v) is 10.1. The highest BCUT2D eigenvalue weighted by atomic mass is 16.5. The molecular weight excluding hydrogens is 660 g/mol. The van der Waals surface area contributed by atoms with E-state index < -0.39 is 22.5 Å². The molecule has 12 heteroatoms. The molecule has 0 amide bonds. The molecular formula is C40H44N6O6. The highest BCUT2D eigenvalue weighted by Crippen LogP contribution is 2.44. The van der Waals surface area contributed by atoms with Crippen LogP contribution in [0.5, 0.6) is 11.5 Å². The largest absolute Gasteiger partial charge is 0.496 e. The molecule has 0 atom stereocenters. The van der Waals surface area contributed by atoms with Crippen molar-refractivity contribution in [2.24, 2.45) is 14.1 Å². The highest BCUT2D eigenvalue weighted by molar-refractivity contribution is 6.06. The second-order valence-corrected chi connectivity index (χ2v) is 12.5. The van der Waals surface area contributed by atoms with E-state index in [9.17, 15) is 19.2 Å². The number of nitrogens with zero attached hydrogens (tertiary/aromatic N) is 6. The van der Waals surface area contributed by atoms with Crippen LogP contribution >= 0.6 is 0 Å². The molecule has 0 N–H and O–H groups in total. The van der Waals surface area contributed by atoms with E-state index in [0.717, 1.165) is 0 Å². The van der Waals surface area contributed by atoms with E-state index in [1.807, 2.05) is 85.6 Å². The average molecular weight is 705 g/mol. The minimum Gasteiger partial charge on any atom is -0.496 e. The van der Waals surface area contributed by atoms with Crippen molar-refractivity contribution >= 4 is 23.9 Å². The molecule has 0 spiro atoms. The SMILES string of the molecule is C=c1/c(=c2/c3c(-c4ccccc4OC)n(C)/c(=c4\c(=C)n(CC)c(=O)n(CC)c4=O)c3c(-c3ccccc3OC)n2C)c(=O)n(CC)c(=O)n1CC. The Bertz CT molecular complexity index is 2680. The van der Waals surface area contributed by atoms with Gasteiger partial charge in [-0.2, -0.15) is 0 Å². The van der Waals surface area contributed by atoms with Crippen molar-refractivity contribution in [1.29, 1.82) is 0 Å². The molecule has 0 aliphatic heterocycles. The van der Waals surface area contributed by atoms with Crippen molar-refractivity contribution in [3.63, 3.8) is 0 Å². The zero-order valence-electron chi connectivity index (χ0n) is 31.0. The monoisotopic (exact) mass is 704 g/mol. The van der Waals surface area contributed by atoms with Gasteiger partial charge in [-0.3, -0.25) is 27.9 Å². The molecule has 6 rings (SSSR count). The number of methoxy groups -OCH3 is 2. The summed E-state index contributed by atoms with van der Waals surface area (Å²) in [7, 11) is 6.88. The van der Waals surface area contributed by atoms with Gasteiger partial charge in [0.05, 0.1) is 57.4 Å². The van der Waals surface area contributed by atoms with Gasteiger partial charge in [-0.05, 0) is 52.0 Å². The highest BCUT2D eigenvalue weighted by Gasteiger charge is 2.27. The molecule has 4 heterocycles. The van der Waals surface area contributed by atoms with E-state index in [2.05, 4.69) is 13.2 Å². The van der Waals surface area contributed by atoms with E-state index in [-0.39, 0.29) is 47.3 Å². The minimum absolute atomic E-state index is 0.150. The number of rotatable bonds is 8. The van der Waals surface area contributed by atoms with Gasteiger partial charge in [0.15, 0.2) is 0 Å². The van der Waals surface area contributed by atoms with E-state index in [1.165, 1.54) is 18.3 Å². The van der Waals surface area contributed by atoms with Crippen LogP contribution in [0.1, 0.15) is 27.7 Å². The standard InChI is InChI=1S/C40H44N6O6/c1-11-43-23(5)29(37(47)45(13-3)39(43)49)35-31-32(34(41(35)7)26-20-16-18-22-28(26)52-10)36(42(8)33(31)25-19-15-17-21-27(25)51-9)30-24(6)44(12-2)40(50)46(14-4)38(30)48/h15-22H,5-6,11-14H2,1-4,7-10H3/b35-29+,36-30+. The van der Waals surface area contributed by atoms with Crippen molar-refractivity contribution < 1.29 is 9.47 Å². The lowest BCUT2D eigenvalue weighted by atomic mass is 10.0. The maximum absolute atomic E-state index is 14.6. The summed E-state index contributed by atoms with van der Waals surface area (Å²) in [5, 5.41) is 3.22. The van der Waals surface area contributed by atoms with E-state index in [0.29, 0.717) is 55.5 Å². The average Bonchev–Trinajstić information content (AvgIpc) is 3.57. The molecule has 0 aliphatic rings. The number of para-hydroxylation sites is 2. The van der Waals surface area contributed by atoms with E-state index in [4.69, 9.17) is 9.47 Å². The maximum atomic E-state index is 14.6. The molecule has 6 aromatic rings. The Labute approximate surface area is 298 Å². The smallest absolute Gasteiger partial charge is 0.331 e. The zero-order valence-corrected chi connectivity index (χ0v) is 31.0. The molecule has 270 valence electrons. The van der Waals surface area contributed by atoms with Crippen LogP contribution in [-0.4, -0.2) is 41.6 Å². The Kier molecular flexibility index (Phi) is 9.35. The van der Waals surface area contributed by atoms with Crippen molar-refractivity contribution in [3.05, 3.63) is 122 Å². The summed E-state index contributed by atoms with van der Waals surface area (Å²) < 4.78 is 21.1. The van der Waals surface area contributed by atoms with Crippen molar-refractivity contribution in [3.8, 4) is 34.0 Å². The van der Waals surface area contributed by atoms with Crippen LogP contribution in [0.2, 0.25) is 0 Å². The Morgan fingerprint density at radius 2 is 0.865 bits per heavy atom. The maximum Gasteiger partial charge on any atom is 0.331 e. The first-order chi connectivity index (χ1) is 24.9. The fraction of sp³-hybridized carbons (Fsp3) is 0.300. The molecule has 2 aromatic carbocycles. The van der Waals surface area contributed by atoms with Gasteiger partial charge in [0, 0.05) is 62.2 Å². The van der Waals surface area contributed by atoms with Gasteiger partial charge in [0.2, 0.25) is 0 Å². The Balaban J connectivity index is 2.24. The summed E-state index contributed by atoms with van der Waals surface area (Å²) in [4.78, 5) is 56.2. The third kappa shape index (κ3) is 4.95. The van der Waals surface area contributed by atoms with Gasteiger partial charge >= 0.3 is 11.4 Å². The summed E-state index contributed by atoms with van der Waals surface area (Å²) in [5.41, 5.74) is 0.804. The van der Waals surface area contributed by atoms with Crippen LogP contribution in [0.4, 0.5) is 0 Å². The number of hydrogen-bond donors (Lipinski definition) is 0. The number of hydrogen-bond acceptors (Lipinski definition) is 6. The van der Waals surface area contributed by atoms with Gasteiger partial charge in [0.1, 0.15) is 11.5 Å². The summed E-state index contributed by atoms with van der Waals surface area (Å²) in [6.07, 6.45) is 0. The molecule has 0 saturated carbocycles. The van der Waals surface area contributed by atoms with E-state index >= 15 is 0 Å². The Morgan fingerprint density at radius 3 is 1.17 bits per heavy atom. The van der Waals surface area contributed by atoms with Crippen LogP contribution in [-0.2, 0) is 40.3 Å². The summed E-state index contributed by atoms with van der Waals surface area (Å²) in [6.45, 7) is 16.7. The first-order valence-corrected chi connectivity index (χ1v) is 17.3. The zero-order chi connectivity index (χ0) is 37.8. The van der Waals surface area contributed by atoms with Gasteiger partial charge in [-0.15, -0.1) is 0 Å².